The van der Waals surface area contributed by atoms with Crippen molar-refractivity contribution in [3.8, 4) is 0 Å². The van der Waals surface area contributed by atoms with E-state index in [1.807, 2.05) is 61.5 Å². The Morgan fingerprint density at radius 1 is 1.09 bits per heavy atom. The Balaban J connectivity index is 1.84. The van der Waals surface area contributed by atoms with Crippen LogP contribution in [0.1, 0.15) is 11.7 Å². The number of para-hydroxylation sites is 1. The number of amides is 2. The van der Waals surface area contributed by atoms with Crippen LogP contribution < -0.4 is 15.5 Å². The number of hydrogen-bond acceptors (Lipinski definition) is 3. The predicted molar refractivity (Wildman–Crippen MR) is 89.2 cm³/mol. The van der Waals surface area contributed by atoms with E-state index in [0.717, 1.165) is 11.3 Å². The average Bonchev–Trinajstić information content (AvgIpc) is 2.53. The smallest absolute Gasteiger partial charge is 0.319 e. The number of benzene rings is 2. The van der Waals surface area contributed by atoms with E-state index >= 15 is 0 Å². The van der Waals surface area contributed by atoms with Crippen molar-refractivity contribution in [2.24, 2.45) is 0 Å². The molecule has 22 heavy (non-hydrogen) atoms. The van der Waals surface area contributed by atoms with E-state index in [0.29, 0.717) is 5.69 Å². The van der Waals surface area contributed by atoms with E-state index in [4.69, 9.17) is 0 Å². The molecule has 2 aromatic rings. The summed E-state index contributed by atoms with van der Waals surface area (Å²) in [5.74, 6) is 0. The predicted octanol–water partition coefficient (Wildman–Crippen LogP) is 2.61. The van der Waals surface area contributed by atoms with E-state index in [-0.39, 0.29) is 12.6 Å². The molecule has 2 aromatic carbocycles. The lowest BCUT2D eigenvalue weighted by molar-refractivity contribution is 0.175. The van der Waals surface area contributed by atoms with Crippen LogP contribution in [0.3, 0.4) is 0 Å². The largest absolute Gasteiger partial charge is 0.387 e. The van der Waals surface area contributed by atoms with E-state index in [2.05, 4.69) is 10.6 Å². The second-order valence-corrected chi connectivity index (χ2v) is 5.20. The molecule has 0 spiro atoms. The van der Waals surface area contributed by atoms with Gasteiger partial charge >= 0.3 is 6.03 Å². The van der Waals surface area contributed by atoms with Gasteiger partial charge in [0.2, 0.25) is 0 Å². The Morgan fingerprint density at radius 2 is 1.73 bits per heavy atom. The molecule has 5 heteroatoms. The number of hydrogen-bond donors (Lipinski definition) is 3. The number of aliphatic hydroxyl groups is 1. The van der Waals surface area contributed by atoms with Gasteiger partial charge in [-0.15, -0.1) is 0 Å². The first kappa shape index (κ1) is 15.9. The molecular weight excluding hydrogens is 278 g/mol. The molecule has 116 valence electrons. The van der Waals surface area contributed by atoms with Gasteiger partial charge in [0.05, 0.1) is 6.10 Å². The molecule has 0 fully saturated rings. The van der Waals surface area contributed by atoms with Gasteiger partial charge in [0, 0.05) is 32.0 Å². The lowest BCUT2D eigenvalue weighted by Gasteiger charge is -2.16. The van der Waals surface area contributed by atoms with E-state index in [1.165, 1.54) is 0 Å². The van der Waals surface area contributed by atoms with Crippen molar-refractivity contribution < 1.29 is 9.90 Å². The minimum absolute atomic E-state index is 0.153. The van der Waals surface area contributed by atoms with Gasteiger partial charge in [-0.3, -0.25) is 0 Å². The molecule has 0 radical (unpaired) electrons. The maximum atomic E-state index is 11.8. The molecule has 0 saturated heterocycles. The second-order valence-electron chi connectivity index (χ2n) is 5.20. The van der Waals surface area contributed by atoms with Crippen molar-refractivity contribution in [3.05, 3.63) is 60.2 Å². The normalized spacial score (nSPS) is 11.6. The van der Waals surface area contributed by atoms with Crippen LogP contribution >= 0.6 is 0 Å². The fourth-order valence-electron chi connectivity index (χ4n) is 2.00. The van der Waals surface area contributed by atoms with Gasteiger partial charge in [-0.1, -0.05) is 30.3 Å². The molecule has 2 rings (SSSR count). The zero-order chi connectivity index (χ0) is 15.9. The summed E-state index contributed by atoms with van der Waals surface area (Å²) in [6.07, 6.45) is -0.738. The van der Waals surface area contributed by atoms with Gasteiger partial charge in [-0.2, -0.15) is 0 Å². The molecule has 0 aliphatic heterocycles. The van der Waals surface area contributed by atoms with Gasteiger partial charge in [0.1, 0.15) is 0 Å². The Labute approximate surface area is 130 Å². The van der Waals surface area contributed by atoms with Crippen molar-refractivity contribution in [1.82, 2.24) is 5.32 Å². The number of nitrogens with zero attached hydrogens (tertiary/aromatic N) is 1. The highest BCUT2D eigenvalue weighted by molar-refractivity contribution is 5.89. The molecule has 0 bridgehead atoms. The Bertz CT molecular complexity index is 597. The molecule has 3 N–H and O–H groups in total. The van der Waals surface area contributed by atoms with Crippen LogP contribution in [-0.2, 0) is 0 Å². The first-order valence-corrected chi connectivity index (χ1v) is 7.11. The quantitative estimate of drug-likeness (QED) is 0.795. The monoisotopic (exact) mass is 299 g/mol. The Hall–Kier alpha value is -2.53. The molecule has 0 aliphatic rings. The highest BCUT2D eigenvalue weighted by atomic mass is 16.3. The topological polar surface area (TPSA) is 64.6 Å². The van der Waals surface area contributed by atoms with E-state index < -0.39 is 6.10 Å². The minimum atomic E-state index is -0.738. The summed E-state index contributed by atoms with van der Waals surface area (Å²) >= 11 is 0. The van der Waals surface area contributed by atoms with Crippen LogP contribution in [-0.4, -0.2) is 31.8 Å². The van der Waals surface area contributed by atoms with Gasteiger partial charge in [-0.05, 0) is 29.8 Å². The number of rotatable bonds is 5. The highest BCUT2D eigenvalue weighted by Gasteiger charge is 2.09. The summed E-state index contributed by atoms with van der Waals surface area (Å²) in [7, 11) is 3.92. The van der Waals surface area contributed by atoms with Crippen molar-refractivity contribution in [2.75, 3.05) is 30.9 Å². The number of anilines is 2. The van der Waals surface area contributed by atoms with E-state index in [1.54, 1.807) is 12.1 Å². The second kappa shape index (κ2) is 7.47. The third-order valence-electron chi connectivity index (χ3n) is 3.28. The summed E-state index contributed by atoms with van der Waals surface area (Å²) in [6, 6.07) is 16.4. The first-order chi connectivity index (χ1) is 10.6. The number of nitrogens with one attached hydrogen (secondary N) is 2. The van der Waals surface area contributed by atoms with Crippen molar-refractivity contribution >= 4 is 17.4 Å². The zero-order valence-electron chi connectivity index (χ0n) is 12.8. The molecule has 0 saturated carbocycles. The number of urea groups is 1. The summed E-state index contributed by atoms with van der Waals surface area (Å²) in [6.45, 7) is 0.153. The molecule has 5 nitrogen and oxygen atoms in total. The molecule has 1 unspecified atom stereocenters. The molecule has 1 atom stereocenters. The van der Waals surface area contributed by atoms with Gasteiger partial charge in [-0.25, -0.2) is 4.79 Å². The number of carbonyl (C=O) groups is 1. The Morgan fingerprint density at radius 3 is 2.32 bits per heavy atom. The fourth-order valence-corrected chi connectivity index (χ4v) is 2.00. The van der Waals surface area contributed by atoms with Crippen molar-refractivity contribution in [1.29, 1.82) is 0 Å². The average molecular weight is 299 g/mol. The fraction of sp³-hybridized carbons (Fsp3) is 0.235. The molecule has 0 aliphatic carbocycles. The third-order valence-corrected chi connectivity index (χ3v) is 3.28. The van der Waals surface area contributed by atoms with Crippen LogP contribution in [0.15, 0.2) is 54.6 Å². The van der Waals surface area contributed by atoms with Crippen LogP contribution in [0.5, 0.6) is 0 Å². The van der Waals surface area contributed by atoms with Gasteiger partial charge < -0.3 is 20.6 Å². The molecule has 0 aromatic heterocycles. The number of carbonyl (C=O) groups excluding carboxylic acids is 1. The van der Waals surface area contributed by atoms with E-state index in [9.17, 15) is 9.90 Å². The third kappa shape index (κ3) is 4.49. The summed E-state index contributed by atoms with van der Waals surface area (Å²) in [4.78, 5) is 13.7. The van der Waals surface area contributed by atoms with Gasteiger partial charge in [0.25, 0.3) is 0 Å². The standard InChI is InChI=1S/C17H21N3O2/c1-20(2)15-10-8-13(9-11-15)16(21)12-18-17(22)19-14-6-4-3-5-7-14/h3-11,16,21H,12H2,1-2H3,(H2,18,19,22). The summed E-state index contributed by atoms with van der Waals surface area (Å²) in [5.41, 5.74) is 2.54. The maximum absolute atomic E-state index is 11.8. The lowest BCUT2D eigenvalue weighted by Crippen LogP contribution is -2.32. The Kier molecular flexibility index (Phi) is 5.38. The van der Waals surface area contributed by atoms with Crippen LogP contribution in [0.2, 0.25) is 0 Å². The van der Waals surface area contributed by atoms with Crippen LogP contribution in [0, 0.1) is 0 Å². The number of aliphatic hydroxyl groups excluding tert-OH is 1. The van der Waals surface area contributed by atoms with Crippen LogP contribution in [0.25, 0.3) is 0 Å². The summed E-state index contributed by atoms with van der Waals surface area (Å²) < 4.78 is 0. The highest BCUT2D eigenvalue weighted by Crippen LogP contribution is 2.17. The molecule has 0 heterocycles. The first-order valence-electron chi connectivity index (χ1n) is 7.11. The van der Waals surface area contributed by atoms with Crippen molar-refractivity contribution in [3.63, 3.8) is 0 Å². The zero-order valence-corrected chi connectivity index (χ0v) is 12.8. The minimum Gasteiger partial charge on any atom is -0.387 e. The van der Waals surface area contributed by atoms with Gasteiger partial charge in [0.15, 0.2) is 0 Å². The van der Waals surface area contributed by atoms with Crippen molar-refractivity contribution in [2.45, 2.75) is 6.10 Å². The molecule has 2 amide bonds. The maximum Gasteiger partial charge on any atom is 0.319 e. The lowest BCUT2D eigenvalue weighted by atomic mass is 10.1. The molecular formula is C17H21N3O2. The summed E-state index contributed by atoms with van der Waals surface area (Å²) in [5, 5.41) is 15.5. The SMILES string of the molecule is CN(C)c1ccc(C(O)CNC(=O)Nc2ccccc2)cc1. The van der Waals surface area contributed by atoms with Crippen LogP contribution in [0.4, 0.5) is 16.2 Å².